The average Bonchev–Trinajstić information content (AvgIpc) is 2.73. The van der Waals surface area contributed by atoms with E-state index >= 15 is 0 Å². The minimum absolute atomic E-state index is 0.0316. The molecule has 1 N–H and O–H groups in total. The van der Waals surface area contributed by atoms with Gasteiger partial charge in [-0.3, -0.25) is 14.5 Å². The Hall–Kier alpha value is -2.90. The number of methoxy groups -OCH3 is 1. The van der Waals surface area contributed by atoms with Crippen LogP contribution in [0.2, 0.25) is 0 Å². The van der Waals surface area contributed by atoms with Crippen molar-refractivity contribution in [2.75, 3.05) is 39.1 Å². The highest BCUT2D eigenvalue weighted by atomic mass is 16.5. The molecule has 0 aliphatic carbocycles. The SMILES string of the molecule is COc1ccc(NC(=O)CN(C)C(=O)c2ccc(CN3CC(C)OC(C)C3)cc2)cc1. The fourth-order valence-electron chi connectivity index (χ4n) is 3.81. The molecule has 2 unspecified atom stereocenters. The molecule has 2 aromatic rings. The van der Waals surface area contributed by atoms with Gasteiger partial charge in [0.15, 0.2) is 0 Å². The van der Waals surface area contributed by atoms with E-state index in [1.807, 2.05) is 24.3 Å². The number of benzene rings is 2. The summed E-state index contributed by atoms with van der Waals surface area (Å²) in [5.74, 6) is 0.268. The maximum atomic E-state index is 12.7. The number of carbonyl (C=O) groups is 2. The van der Waals surface area contributed by atoms with E-state index in [1.165, 1.54) is 4.90 Å². The van der Waals surface area contributed by atoms with Crippen LogP contribution >= 0.6 is 0 Å². The van der Waals surface area contributed by atoms with Crippen LogP contribution in [-0.4, -0.2) is 67.6 Å². The molecule has 166 valence electrons. The molecule has 0 aromatic heterocycles. The summed E-state index contributed by atoms with van der Waals surface area (Å²) >= 11 is 0. The minimum atomic E-state index is -0.256. The number of rotatable bonds is 7. The van der Waals surface area contributed by atoms with E-state index in [1.54, 1.807) is 38.4 Å². The van der Waals surface area contributed by atoms with Crippen molar-refractivity contribution in [2.24, 2.45) is 0 Å². The first-order valence-corrected chi connectivity index (χ1v) is 10.5. The first-order valence-electron chi connectivity index (χ1n) is 10.5. The number of nitrogens with zero attached hydrogens (tertiary/aromatic N) is 2. The van der Waals surface area contributed by atoms with Gasteiger partial charge >= 0.3 is 0 Å². The standard InChI is InChI=1S/C24H31N3O4/c1-17-13-27(14-18(2)31-17)15-19-5-7-20(8-6-19)24(29)26(3)16-23(28)25-21-9-11-22(30-4)12-10-21/h5-12,17-18H,13-16H2,1-4H3,(H,25,28). The number of ether oxygens (including phenoxy) is 2. The van der Waals surface area contributed by atoms with Crippen LogP contribution in [0.1, 0.15) is 29.8 Å². The summed E-state index contributed by atoms with van der Waals surface area (Å²) in [7, 11) is 3.21. The Kier molecular flexibility index (Phi) is 7.65. The van der Waals surface area contributed by atoms with Crippen LogP contribution in [0.4, 0.5) is 5.69 Å². The van der Waals surface area contributed by atoms with E-state index in [0.717, 1.165) is 25.2 Å². The van der Waals surface area contributed by atoms with Gasteiger partial charge in [-0.1, -0.05) is 12.1 Å². The second kappa shape index (κ2) is 10.4. The number of morpholine rings is 1. The van der Waals surface area contributed by atoms with E-state index in [9.17, 15) is 9.59 Å². The summed E-state index contributed by atoms with van der Waals surface area (Å²) < 4.78 is 10.9. The summed E-state index contributed by atoms with van der Waals surface area (Å²) in [5, 5.41) is 2.79. The number of nitrogens with one attached hydrogen (secondary N) is 1. The van der Waals surface area contributed by atoms with Crippen molar-refractivity contribution in [3.05, 3.63) is 59.7 Å². The number of anilines is 1. The zero-order valence-corrected chi connectivity index (χ0v) is 18.6. The van der Waals surface area contributed by atoms with Gasteiger partial charge in [-0.2, -0.15) is 0 Å². The first kappa shape index (κ1) is 22.8. The largest absolute Gasteiger partial charge is 0.497 e. The van der Waals surface area contributed by atoms with Crippen LogP contribution in [-0.2, 0) is 16.1 Å². The second-order valence-corrected chi connectivity index (χ2v) is 8.09. The van der Waals surface area contributed by atoms with Gasteiger partial charge < -0.3 is 19.7 Å². The Bertz CT molecular complexity index is 873. The van der Waals surface area contributed by atoms with Crippen LogP contribution < -0.4 is 10.1 Å². The van der Waals surface area contributed by atoms with Gasteiger partial charge in [-0.15, -0.1) is 0 Å². The molecule has 7 nitrogen and oxygen atoms in total. The maximum Gasteiger partial charge on any atom is 0.254 e. The minimum Gasteiger partial charge on any atom is -0.497 e. The molecule has 2 aromatic carbocycles. The molecule has 1 heterocycles. The zero-order valence-electron chi connectivity index (χ0n) is 18.6. The fourth-order valence-corrected chi connectivity index (χ4v) is 3.81. The predicted molar refractivity (Wildman–Crippen MR) is 120 cm³/mol. The van der Waals surface area contributed by atoms with E-state index in [4.69, 9.17) is 9.47 Å². The Morgan fingerprint density at radius 2 is 1.68 bits per heavy atom. The molecular weight excluding hydrogens is 394 g/mol. The number of likely N-dealkylation sites (N-methyl/N-ethyl adjacent to an activating group) is 1. The molecule has 31 heavy (non-hydrogen) atoms. The number of amides is 2. The number of carbonyl (C=O) groups excluding carboxylic acids is 2. The summed E-state index contributed by atoms with van der Waals surface area (Å²) in [6, 6.07) is 14.6. The lowest BCUT2D eigenvalue weighted by atomic mass is 10.1. The van der Waals surface area contributed by atoms with Crippen molar-refractivity contribution in [3.8, 4) is 5.75 Å². The first-order chi connectivity index (χ1) is 14.8. The van der Waals surface area contributed by atoms with Crippen LogP contribution in [0, 0.1) is 0 Å². The highest BCUT2D eigenvalue weighted by Gasteiger charge is 2.22. The maximum absolute atomic E-state index is 12.7. The topological polar surface area (TPSA) is 71.1 Å². The number of hydrogen-bond donors (Lipinski definition) is 1. The second-order valence-electron chi connectivity index (χ2n) is 8.09. The van der Waals surface area contributed by atoms with Crippen LogP contribution in [0.5, 0.6) is 5.75 Å². The normalized spacial score (nSPS) is 19.0. The fraction of sp³-hybridized carbons (Fsp3) is 0.417. The molecule has 0 bridgehead atoms. The Balaban J connectivity index is 1.52. The molecular formula is C24H31N3O4. The molecule has 7 heteroatoms. The van der Waals surface area contributed by atoms with Crippen molar-refractivity contribution in [1.82, 2.24) is 9.80 Å². The molecule has 2 amide bonds. The summed E-state index contributed by atoms with van der Waals surface area (Å²) in [4.78, 5) is 28.8. The summed E-state index contributed by atoms with van der Waals surface area (Å²) in [5.41, 5.74) is 2.37. The Morgan fingerprint density at radius 1 is 1.06 bits per heavy atom. The van der Waals surface area contributed by atoms with E-state index in [2.05, 4.69) is 24.1 Å². The smallest absolute Gasteiger partial charge is 0.254 e. The molecule has 3 rings (SSSR count). The van der Waals surface area contributed by atoms with Crippen molar-refractivity contribution in [2.45, 2.75) is 32.6 Å². The molecule has 0 radical (unpaired) electrons. The van der Waals surface area contributed by atoms with Gasteiger partial charge in [0.25, 0.3) is 5.91 Å². The van der Waals surface area contributed by atoms with Crippen molar-refractivity contribution >= 4 is 17.5 Å². The van der Waals surface area contributed by atoms with Gasteiger partial charge in [0.2, 0.25) is 5.91 Å². The van der Waals surface area contributed by atoms with Crippen LogP contribution in [0.25, 0.3) is 0 Å². The summed E-state index contributed by atoms with van der Waals surface area (Å²) in [6.07, 6.45) is 0.449. The Morgan fingerprint density at radius 3 is 2.26 bits per heavy atom. The van der Waals surface area contributed by atoms with Crippen LogP contribution in [0.3, 0.4) is 0 Å². The lowest BCUT2D eigenvalue weighted by molar-refractivity contribution is -0.116. The Labute approximate surface area is 183 Å². The molecule has 1 saturated heterocycles. The van der Waals surface area contributed by atoms with Crippen molar-refractivity contribution in [1.29, 1.82) is 0 Å². The van der Waals surface area contributed by atoms with E-state index < -0.39 is 0 Å². The van der Waals surface area contributed by atoms with E-state index in [0.29, 0.717) is 17.0 Å². The molecule has 0 spiro atoms. The third kappa shape index (κ3) is 6.54. The quantitative estimate of drug-likeness (QED) is 0.738. The predicted octanol–water partition coefficient (Wildman–Crippen LogP) is 3.02. The van der Waals surface area contributed by atoms with Gasteiger partial charge in [-0.25, -0.2) is 0 Å². The van der Waals surface area contributed by atoms with Crippen molar-refractivity contribution in [3.63, 3.8) is 0 Å². The van der Waals surface area contributed by atoms with E-state index in [-0.39, 0.29) is 30.6 Å². The van der Waals surface area contributed by atoms with Gasteiger partial charge in [0.1, 0.15) is 5.75 Å². The molecule has 2 atom stereocenters. The van der Waals surface area contributed by atoms with Gasteiger partial charge in [0.05, 0.1) is 25.9 Å². The highest BCUT2D eigenvalue weighted by molar-refractivity contribution is 5.99. The molecule has 1 aliphatic heterocycles. The van der Waals surface area contributed by atoms with Gasteiger partial charge in [0, 0.05) is 37.9 Å². The third-order valence-electron chi connectivity index (χ3n) is 5.20. The molecule has 1 aliphatic rings. The monoisotopic (exact) mass is 425 g/mol. The molecule has 0 saturated carbocycles. The van der Waals surface area contributed by atoms with Crippen LogP contribution in [0.15, 0.2) is 48.5 Å². The summed E-state index contributed by atoms with van der Waals surface area (Å²) in [6.45, 7) is 6.77. The van der Waals surface area contributed by atoms with Gasteiger partial charge in [-0.05, 0) is 55.8 Å². The highest BCUT2D eigenvalue weighted by Crippen LogP contribution is 2.16. The third-order valence-corrected chi connectivity index (χ3v) is 5.20. The lowest BCUT2D eigenvalue weighted by Gasteiger charge is -2.35. The number of hydrogen-bond acceptors (Lipinski definition) is 5. The zero-order chi connectivity index (χ0) is 22.4. The lowest BCUT2D eigenvalue weighted by Crippen LogP contribution is -2.44. The average molecular weight is 426 g/mol. The molecule has 1 fully saturated rings. The van der Waals surface area contributed by atoms with Crippen molar-refractivity contribution < 1.29 is 19.1 Å².